The molecule has 7 nitrogen and oxygen atoms in total. The molecular weight excluding hydrogens is 380 g/mol. The van der Waals surface area contributed by atoms with E-state index in [2.05, 4.69) is 5.32 Å². The molecule has 8 heteroatoms. The van der Waals surface area contributed by atoms with Gasteiger partial charge in [0.1, 0.15) is 11.5 Å². The Morgan fingerprint density at radius 2 is 1.68 bits per heavy atom. The largest absolute Gasteiger partial charge is 0.497 e. The second kappa shape index (κ2) is 9.57. The third kappa shape index (κ3) is 5.24. The van der Waals surface area contributed by atoms with Crippen LogP contribution in [0.3, 0.4) is 0 Å². The van der Waals surface area contributed by atoms with Crippen LogP contribution in [0.2, 0.25) is 0 Å². The minimum Gasteiger partial charge on any atom is -0.497 e. The van der Waals surface area contributed by atoms with Crippen molar-refractivity contribution in [3.05, 3.63) is 48.5 Å². The molecule has 0 aromatic heterocycles. The van der Waals surface area contributed by atoms with Crippen LogP contribution in [0.4, 0.5) is 5.69 Å². The average molecular weight is 407 g/mol. The summed E-state index contributed by atoms with van der Waals surface area (Å²) in [4.78, 5) is 12.5. The van der Waals surface area contributed by atoms with Gasteiger partial charge in [0.15, 0.2) is 6.10 Å². The summed E-state index contributed by atoms with van der Waals surface area (Å²) in [5.41, 5.74) is 0.490. The molecule has 0 aliphatic rings. The normalized spacial score (nSPS) is 12.5. The Morgan fingerprint density at radius 3 is 2.25 bits per heavy atom. The lowest BCUT2D eigenvalue weighted by Crippen LogP contribution is -2.31. The lowest BCUT2D eigenvalue weighted by Gasteiger charge is -2.19. The highest BCUT2D eigenvalue weighted by Gasteiger charge is 2.21. The number of rotatable bonds is 9. The summed E-state index contributed by atoms with van der Waals surface area (Å²) in [6, 6.07) is 13.1. The molecule has 28 heavy (non-hydrogen) atoms. The second-order valence-corrected chi connectivity index (χ2v) is 7.98. The van der Waals surface area contributed by atoms with Gasteiger partial charge in [-0.05, 0) is 43.3 Å². The zero-order valence-corrected chi connectivity index (χ0v) is 17.3. The Labute approximate surface area is 166 Å². The highest BCUT2D eigenvalue weighted by Crippen LogP contribution is 2.21. The van der Waals surface area contributed by atoms with Gasteiger partial charge in [0.2, 0.25) is 10.0 Å². The van der Waals surface area contributed by atoms with Crippen LogP contribution in [-0.4, -0.2) is 44.9 Å². The number of benzene rings is 2. The molecule has 2 aromatic carbocycles. The number of anilines is 1. The van der Waals surface area contributed by atoms with Gasteiger partial charge in [-0.15, -0.1) is 0 Å². The number of nitrogens with one attached hydrogen (secondary N) is 1. The number of sulfonamides is 1. The minimum absolute atomic E-state index is 0.190. The number of hydrogen-bond acceptors (Lipinski definition) is 5. The second-order valence-electron chi connectivity index (χ2n) is 6.04. The summed E-state index contributed by atoms with van der Waals surface area (Å²) in [6.07, 6.45) is -0.744. The number of carbonyl (C=O) groups is 1. The molecule has 0 unspecified atom stereocenters. The highest BCUT2D eigenvalue weighted by atomic mass is 32.2. The quantitative estimate of drug-likeness (QED) is 0.692. The van der Waals surface area contributed by atoms with Gasteiger partial charge in [-0.25, -0.2) is 8.42 Å². The van der Waals surface area contributed by atoms with Crippen molar-refractivity contribution < 1.29 is 22.7 Å². The van der Waals surface area contributed by atoms with E-state index in [1.54, 1.807) is 64.3 Å². The molecule has 1 amide bonds. The molecule has 0 aliphatic carbocycles. The molecule has 2 aromatic rings. The molecule has 1 N–H and O–H groups in total. The van der Waals surface area contributed by atoms with Crippen LogP contribution in [0, 0.1) is 0 Å². The van der Waals surface area contributed by atoms with Crippen LogP contribution in [0.5, 0.6) is 11.5 Å². The van der Waals surface area contributed by atoms with Crippen molar-refractivity contribution >= 4 is 21.6 Å². The summed E-state index contributed by atoms with van der Waals surface area (Å²) in [5.74, 6) is 0.806. The van der Waals surface area contributed by atoms with Crippen molar-refractivity contribution in [1.29, 1.82) is 0 Å². The molecular formula is C20H26N2O5S. The third-order valence-corrected chi connectivity index (χ3v) is 6.25. The average Bonchev–Trinajstić information content (AvgIpc) is 2.69. The first kappa shape index (κ1) is 21.7. The van der Waals surface area contributed by atoms with Gasteiger partial charge in [0.05, 0.1) is 12.0 Å². The number of methoxy groups -OCH3 is 1. The Hall–Kier alpha value is -2.58. The lowest BCUT2D eigenvalue weighted by atomic mass is 10.3. The molecule has 152 valence electrons. The van der Waals surface area contributed by atoms with E-state index < -0.39 is 16.1 Å². The van der Waals surface area contributed by atoms with Crippen LogP contribution in [-0.2, 0) is 14.8 Å². The molecule has 0 saturated heterocycles. The molecule has 1 atom stereocenters. The SMILES string of the molecule is CCN(CC)S(=O)(=O)c1ccc(NC(=O)[C@H](C)Oc2cccc(OC)c2)cc1. The highest BCUT2D eigenvalue weighted by molar-refractivity contribution is 7.89. The van der Waals surface area contributed by atoms with Crippen LogP contribution < -0.4 is 14.8 Å². The van der Waals surface area contributed by atoms with Crippen molar-refractivity contribution in [2.45, 2.75) is 31.8 Å². The smallest absolute Gasteiger partial charge is 0.265 e. The van der Waals surface area contributed by atoms with Crippen LogP contribution >= 0.6 is 0 Å². The monoisotopic (exact) mass is 406 g/mol. The zero-order chi connectivity index (χ0) is 20.7. The lowest BCUT2D eigenvalue weighted by molar-refractivity contribution is -0.122. The van der Waals surface area contributed by atoms with Gasteiger partial charge in [-0.1, -0.05) is 19.9 Å². The maximum atomic E-state index is 12.5. The molecule has 0 radical (unpaired) electrons. The van der Waals surface area contributed by atoms with Gasteiger partial charge in [-0.3, -0.25) is 4.79 Å². The van der Waals surface area contributed by atoms with Gasteiger partial charge in [0, 0.05) is 24.8 Å². The number of carbonyl (C=O) groups excluding carboxylic acids is 1. The summed E-state index contributed by atoms with van der Waals surface area (Å²) in [7, 11) is -1.97. The first-order valence-electron chi connectivity index (χ1n) is 9.03. The topological polar surface area (TPSA) is 84.9 Å². The maximum absolute atomic E-state index is 12.5. The van der Waals surface area contributed by atoms with E-state index in [9.17, 15) is 13.2 Å². The van der Waals surface area contributed by atoms with Crippen molar-refractivity contribution in [2.24, 2.45) is 0 Å². The summed E-state index contributed by atoms with van der Waals surface area (Å²) in [6.45, 7) is 6.01. The van der Waals surface area contributed by atoms with Crippen molar-refractivity contribution in [3.8, 4) is 11.5 Å². The third-order valence-electron chi connectivity index (χ3n) is 4.19. The molecule has 0 fully saturated rings. The summed E-state index contributed by atoms with van der Waals surface area (Å²) >= 11 is 0. The zero-order valence-electron chi connectivity index (χ0n) is 16.5. The Kier molecular flexibility index (Phi) is 7.42. The van der Waals surface area contributed by atoms with Gasteiger partial charge < -0.3 is 14.8 Å². The number of hydrogen-bond donors (Lipinski definition) is 1. The molecule has 0 saturated carbocycles. The number of nitrogens with zero attached hydrogens (tertiary/aromatic N) is 1. The molecule has 0 aliphatic heterocycles. The Bertz CT molecular complexity index is 893. The molecule has 2 rings (SSSR count). The standard InChI is InChI=1S/C20H26N2O5S/c1-5-22(6-2)28(24,25)19-12-10-16(11-13-19)21-20(23)15(3)27-18-9-7-8-17(14-18)26-4/h7-15H,5-6H2,1-4H3,(H,21,23)/t15-/m0/s1. The van der Waals surface area contributed by atoms with E-state index in [1.165, 1.54) is 16.4 Å². The van der Waals surface area contributed by atoms with Crippen molar-refractivity contribution in [1.82, 2.24) is 4.31 Å². The molecule has 0 heterocycles. The van der Waals surface area contributed by atoms with E-state index in [-0.39, 0.29) is 10.8 Å². The summed E-state index contributed by atoms with van der Waals surface area (Å²) in [5, 5.41) is 2.72. The number of ether oxygens (including phenoxy) is 2. The van der Waals surface area contributed by atoms with Crippen LogP contribution in [0.25, 0.3) is 0 Å². The number of amides is 1. The predicted molar refractivity (Wildman–Crippen MR) is 108 cm³/mol. The Balaban J connectivity index is 2.03. The fourth-order valence-electron chi connectivity index (χ4n) is 2.60. The minimum atomic E-state index is -3.53. The van der Waals surface area contributed by atoms with E-state index >= 15 is 0 Å². The van der Waals surface area contributed by atoms with Crippen LogP contribution in [0.1, 0.15) is 20.8 Å². The first-order chi connectivity index (χ1) is 13.3. The van der Waals surface area contributed by atoms with E-state index in [1.807, 2.05) is 0 Å². The van der Waals surface area contributed by atoms with E-state index in [0.29, 0.717) is 30.3 Å². The van der Waals surface area contributed by atoms with Gasteiger partial charge >= 0.3 is 0 Å². The van der Waals surface area contributed by atoms with Crippen LogP contribution in [0.15, 0.2) is 53.4 Å². The fourth-order valence-corrected chi connectivity index (χ4v) is 4.06. The van der Waals surface area contributed by atoms with E-state index in [4.69, 9.17) is 9.47 Å². The predicted octanol–water partition coefficient (Wildman–Crippen LogP) is 3.13. The first-order valence-corrected chi connectivity index (χ1v) is 10.5. The Morgan fingerprint density at radius 1 is 1.07 bits per heavy atom. The van der Waals surface area contributed by atoms with Gasteiger partial charge in [0.25, 0.3) is 5.91 Å². The molecule has 0 bridgehead atoms. The van der Waals surface area contributed by atoms with Gasteiger partial charge in [-0.2, -0.15) is 4.31 Å². The van der Waals surface area contributed by atoms with Crippen molar-refractivity contribution in [2.75, 3.05) is 25.5 Å². The fraction of sp³-hybridized carbons (Fsp3) is 0.350. The maximum Gasteiger partial charge on any atom is 0.265 e. The summed E-state index contributed by atoms with van der Waals surface area (Å²) < 4.78 is 37.1. The molecule has 0 spiro atoms. The van der Waals surface area contributed by atoms with Crippen molar-refractivity contribution in [3.63, 3.8) is 0 Å². The van der Waals surface area contributed by atoms with E-state index in [0.717, 1.165) is 0 Å².